The van der Waals surface area contributed by atoms with Crippen LogP contribution in [-0.4, -0.2) is 35.9 Å². The van der Waals surface area contributed by atoms with Gasteiger partial charge in [-0.2, -0.15) is 0 Å². The van der Waals surface area contributed by atoms with E-state index in [2.05, 4.69) is 10.3 Å². The van der Waals surface area contributed by atoms with Crippen LogP contribution in [0.5, 0.6) is 11.5 Å². The van der Waals surface area contributed by atoms with Gasteiger partial charge in [-0.25, -0.2) is 0 Å². The molecule has 168 valence electrons. The summed E-state index contributed by atoms with van der Waals surface area (Å²) >= 11 is 0. The molecule has 7 nitrogen and oxygen atoms in total. The second-order valence-corrected chi connectivity index (χ2v) is 7.78. The van der Waals surface area contributed by atoms with Gasteiger partial charge in [-0.05, 0) is 55.3 Å². The Morgan fingerprint density at radius 2 is 1.70 bits per heavy atom. The number of rotatable bonds is 7. The summed E-state index contributed by atoms with van der Waals surface area (Å²) in [5.74, 6) is 0.199. The molecule has 0 unspecified atom stereocenters. The third-order valence-corrected chi connectivity index (χ3v) is 5.53. The highest BCUT2D eigenvalue weighted by atomic mass is 16.5. The smallest absolute Gasteiger partial charge is 0.278 e. The molecule has 0 fully saturated rings. The third kappa shape index (κ3) is 4.30. The van der Waals surface area contributed by atoms with Crippen LogP contribution in [0, 0.1) is 13.8 Å². The van der Waals surface area contributed by atoms with Crippen LogP contribution in [-0.2, 0) is 16.1 Å². The lowest BCUT2D eigenvalue weighted by Crippen LogP contribution is -2.32. The molecule has 33 heavy (non-hydrogen) atoms. The van der Waals surface area contributed by atoms with Gasteiger partial charge in [0.15, 0.2) is 11.5 Å². The van der Waals surface area contributed by atoms with E-state index in [9.17, 15) is 9.59 Å². The van der Waals surface area contributed by atoms with Crippen LogP contribution < -0.4 is 14.8 Å². The third-order valence-electron chi connectivity index (χ3n) is 5.53. The Kier molecular flexibility index (Phi) is 6.13. The number of benzene rings is 2. The molecule has 3 aromatic rings. The number of amides is 2. The van der Waals surface area contributed by atoms with Crippen molar-refractivity contribution in [1.82, 2.24) is 9.88 Å². The average Bonchev–Trinajstić information content (AvgIpc) is 3.05. The first-order chi connectivity index (χ1) is 15.9. The summed E-state index contributed by atoms with van der Waals surface area (Å²) in [4.78, 5) is 32.5. The summed E-state index contributed by atoms with van der Waals surface area (Å²) in [6, 6.07) is 16.4. The number of anilines is 1. The van der Waals surface area contributed by atoms with Crippen molar-refractivity contribution in [2.24, 2.45) is 0 Å². The van der Waals surface area contributed by atoms with Crippen LogP contribution in [0.15, 0.2) is 66.5 Å². The Morgan fingerprint density at radius 1 is 0.909 bits per heavy atom. The summed E-state index contributed by atoms with van der Waals surface area (Å²) in [5.41, 5.74) is 4.51. The summed E-state index contributed by atoms with van der Waals surface area (Å²) in [5, 5.41) is 3.22. The fourth-order valence-corrected chi connectivity index (χ4v) is 3.84. The standard InChI is InChI=1S/C26H25N3O4/c1-16-8-10-20(17(2)13-16)28-24-23(18-9-11-21(32-3)22(14-18)33-4)25(30)29(26(24)31)15-19-7-5-6-12-27-19/h5-14,28H,15H2,1-4H3. The molecule has 2 amide bonds. The SMILES string of the molecule is COc1ccc(C2=C(Nc3ccc(C)cc3C)C(=O)N(Cc3ccccn3)C2=O)cc1OC. The first-order valence-electron chi connectivity index (χ1n) is 10.5. The van der Waals surface area contributed by atoms with Crippen molar-refractivity contribution in [2.45, 2.75) is 20.4 Å². The summed E-state index contributed by atoms with van der Waals surface area (Å²) in [7, 11) is 3.07. The Labute approximate surface area is 192 Å². The van der Waals surface area contributed by atoms with Crippen molar-refractivity contribution in [2.75, 3.05) is 19.5 Å². The van der Waals surface area contributed by atoms with E-state index in [1.807, 2.05) is 38.1 Å². The maximum atomic E-state index is 13.5. The molecule has 0 spiro atoms. The van der Waals surface area contributed by atoms with Gasteiger partial charge in [0.1, 0.15) is 5.70 Å². The van der Waals surface area contributed by atoms with Crippen LogP contribution in [0.3, 0.4) is 0 Å². The van der Waals surface area contributed by atoms with E-state index in [0.717, 1.165) is 16.8 Å². The van der Waals surface area contributed by atoms with Crippen molar-refractivity contribution < 1.29 is 19.1 Å². The van der Waals surface area contributed by atoms with Gasteiger partial charge < -0.3 is 14.8 Å². The van der Waals surface area contributed by atoms with Gasteiger partial charge in [0.2, 0.25) is 0 Å². The van der Waals surface area contributed by atoms with Crippen LogP contribution in [0.25, 0.3) is 5.57 Å². The molecule has 0 bridgehead atoms. The minimum Gasteiger partial charge on any atom is -0.493 e. The lowest BCUT2D eigenvalue weighted by Gasteiger charge is -2.15. The van der Waals surface area contributed by atoms with Crippen molar-refractivity contribution in [3.05, 3.63) is 88.9 Å². The zero-order chi connectivity index (χ0) is 23.5. The lowest BCUT2D eigenvalue weighted by molar-refractivity contribution is -0.137. The van der Waals surface area contributed by atoms with E-state index in [4.69, 9.17) is 9.47 Å². The van der Waals surface area contributed by atoms with Gasteiger partial charge >= 0.3 is 0 Å². The highest BCUT2D eigenvalue weighted by molar-refractivity contribution is 6.36. The largest absolute Gasteiger partial charge is 0.493 e. The summed E-state index contributed by atoms with van der Waals surface area (Å²) < 4.78 is 10.7. The van der Waals surface area contributed by atoms with Gasteiger partial charge in [0, 0.05) is 11.9 Å². The first-order valence-corrected chi connectivity index (χ1v) is 10.5. The molecule has 1 N–H and O–H groups in total. The van der Waals surface area contributed by atoms with E-state index in [-0.39, 0.29) is 17.8 Å². The molecular formula is C26H25N3O4. The highest BCUT2D eigenvalue weighted by Gasteiger charge is 2.39. The van der Waals surface area contributed by atoms with Crippen molar-refractivity contribution in [3.8, 4) is 11.5 Å². The van der Waals surface area contributed by atoms with Crippen molar-refractivity contribution in [1.29, 1.82) is 0 Å². The Hall–Kier alpha value is -4.13. The molecule has 0 atom stereocenters. The number of ether oxygens (including phenoxy) is 2. The van der Waals surface area contributed by atoms with Gasteiger partial charge in [-0.15, -0.1) is 0 Å². The van der Waals surface area contributed by atoms with Crippen LogP contribution in [0.1, 0.15) is 22.4 Å². The highest BCUT2D eigenvalue weighted by Crippen LogP contribution is 2.36. The van der Waals surface area contributed by atoms with E-state index in [1.54, 1.807) is 43.6 Å². The predicted octanol–water partition coefficient (Wildman–Crippen LogP) is 4.11. The quantitative estimate of drug-likeness (QED) is 0.554. The number of carbonyl (C=O) groups is 2. The molecule has 0 saturated heterocycles. The predicted molar refractivity (Wildman–Crippen MR) is 126 cm³/mol. The minimum atomic E-state index is -0.407. The molecule has 0 aliphatic carbocycles. The topological polar surface area (TPSA) is 80.8 Å². The zero-order valence-electron chi connectivity index (χ0n) is 19.0. The van der Waals surface area contributed by atoms with E-state index in [1.165, 1.54) is 12.0 Å². The number of aryl methyl sites for hydroxylation is 2. The van der Waals surface area contributed by atoms with Gasteiger partial charge in [-0.1, -0.05) is 29.8 Å². The molecule has 1 aliphatic heterocycles. The number of nitrogens with zero attached hydrogens (tertiary/aromatic N) is 2. The number of imide groups is 1. The van der Waals surface area contributed by atoms with Crippen molar-refractivity contribution in [3.63, 3.8) is 0 Å². The molecule has 2 aromatic carbocycles. The average molecular weight is 444 g/mol. The number of pyridine rings is 1. The van der Waals surface area contributed by atoms with Gasteiger partial charge in [0.05, 0.1) is 32.0 Å². The lowest BCUT2D eigenvalue weighted by atomic mass is 10.0. The maximum Gasteiger partial charge on any atom is 0.278 e. The van der Waals surface area contributed by atoms with E-state index >= 15 is 0 Å². The second-order valence-electron chi connectivity index (χ2n) is 7.78. The first kappa shape index (κ1) is 22.1. The number of nitrogens with one attached hydrogen (secondary N) is 1. The number of aromatic nitrogens is 1. The van der Waals surface area contributed by atoms with Crippen LogP contribution >= 0.6 is 0 Å². The molecule has 0 saturated carbocycles. The monoisotopic (exact) mass is 443 g/mol. The Balaban J connectivity index is 1.80. The summed E-state index contributed by atoms with van der Waals surface area (Å²) in [6.07, 6.45) is 1.64. The molecule has 4 rings (SSSR count). The van der Waals surface area contributed by atoms with Crippen molar-refractivity contribution >= 4 is 23.1 Å². The second kappa shape index (κ2) is 9.16. The number of carbonyl (C=O) groups excluding carboxylic acids is 2. The fourth-order valence-electron chi connectivity index (χ4n) is 3.84. The minimum absolute atomic E-state index is 0.0767. The molecule has 1 aromatic heterocycles. The maximum absolute atomic E-state index is 13.5. The normalized spacial score (nSPS) is 13.5. The molecule has 2 heterocycles. The fraction of sp³-hybridized carbons (Fsp3) is 0.192. The number of hydrogen-bond donors (Lipinski definition) is 1. The zero-order valence-corrected chi connectivity index (χ0v) is 19.0. The van der Waals surface area contributed by atoms with Gasteiger partial charge in [0.25, 0.3) is 11.8 Å². The molecule has 0 radical (unpaired) electrons. The Morgan fingerprint density at radius 3 is 2.36 bits per heavy atom. The van der Waals surface area contributed by atoms with E-state index < -0.39 is 11.8 Å². The van der Waals surface area contributed by atoms with Crippen LogP contribution in [0.4, 0.5) is 5.69 Å². The summed E-state index contributed by atoms with van der Waals surface area (Å²) in [6.45, 7) is 4.04. The van der Waals surface area contributed by atoms with Crippen LogP contribution in [0.2, 0.25) is 0 Å². The number of methoxy groups -OCH3 is 2. The molecule has 1 aliphatic rings. The Bertz CT molecular complexity index is 1250. The van der Waals surface area contributed by atoms with Gasteiger partial charge in [-0.3, -0.25) is 19.5 Å². The molecule has 7 heteroatoms. The molecular weight excluding hydrogens is 418 g/mol. The van der Waals surface area contributed by atoms with E-state index in [0.29, 0.717) is 22.8 Å². The number of hydrogen-bond acceptors (Lipinski definition) is 6.